The van der Waals surface area contributed by atoms with Crippen LogP contribution in [0.4, 0.5) is 26.3 Å². The molecule has 0 aliphatic heterocycles. The van der Waals surface area contributed by atoms with Crippen molar-refractivity contribution in [1.82, 2.24) is 15.1 Å². The van der Waals surface area contributed by atoms with Gasteiger partial charge in [0.1, 0.15) is 0 Å². The Hall–Kier alpha value is -3.05. The van der Waals surface area contributed by atoms with Crippen LogP contribution in [-0.2, 0) is 21.9 Å². The molecule has 0 bridgehead atoms. The zero-order valence-corrected chi connectivity index (χ0v) is 15.1. The summed E-state index contributed by atoms with van der Waals surface area (Å²) in [7, 11) is 1.11. The first kappa shape index (κ1) is 22.2. The van der Waals surface area contributed by atoms with Gasteiger partial charge in [0.05, 0.1) is 36.5 Å². The molecule has 1 N–H and O–H groups in total. The maximum Gasteiger partial charge on any atom is 0.434 e. The summed E-state index contributed by atoms with van der Waals surface area (Å²) in [4.78, 5) is 23.5. The number of amides is 1. The van der Waals surface area contributed by atoms with Crippen molar-refractivity contribution < 1.29 is 40.7 Å². The summed E-state index contributed by atoms with van der Waals surface area (Å²) in [5, 5.41) is 5.66. The lowest BCUT2D eigenvalue weighted by molar-refractivity contribution is -0.143. The number of nitrogens with zero attached hydrogens (tertiary/aromatic N) is 2. The molecule has 12 heteroatoms. The molecule has 2 rings (SSSR count). The molecule has 29 heavy (non-hydrogen) atoms. The van der Waals surface area contributed by atoms with Gasteiger partial charge in [-0.3, -0.25) is 9.59 Å². The first-order valence-electron chi connectivity index (χ1n) is 8.05. The number of benzene rings is 1. The third-order valence-electron chi connectivity index (χ3n) is 3.78. The van der Waals surface area contributed by atoms with E-state index in [-0.39, 0.29) is 11.1 Å². The van der Waals surface area contributed by atoms with Gasteiger partial charge in [0.15, 0.2) is 5.69 Å². The minimum absolute atomic E-state index is 0.217. The van der Waals surface area contributed by atoms with E-state index < -0.39 is 52.8 Å². The van der Waals surface area contributed by atoms with Gasteiger partial charge in [-0.25, -0.2) is 4.68 Å². The van der Waals surface area contributed by atoms with Gasteiger partial charge >= 0.3 is 18.3 Å². The molecule has 0 aliphatic rings. The number of esters is 1. The lowest BCUT2D eigenvalue weighted by Gasteiger charge is -2.16. The Bertz CT molecular complexity index is 905. The van der Waals surface area contributed by atoms with Gasteiger partial charge in [0.25, 0.3) is 5.91 Å². The van der Waals surface area contributed by atoms with Gasteiger partial charge < -0.3 is 10.1 Å². The number of alkyl halides is 6. The van der Waals surface area contributed by atoms with Crippen molar-refractivity contribution in [1.29, 1.82) is 0 Å². The average molecular weight is 423 g/mol. The number of hydrogen-bond donors (Lipinski definition) is 1. The molecule has 6 nitrogen and oxygen atoms in total. The van der Waals surface area contributed by atoms with E-state index in [0.717, 1.165) is 19.2 Å². The minimum Gasteiger partial charge on any atom is -0.469 e. The van der Waals surface area contributed by atoms with Crippen LogP contribution in [0, 0.1) is 0 Å². The van der Waals surface area contributed by atoms with Crippen molar-refractivity contribution in [2.24, 2.45) is 0 Å². The van der Waals surface area contributed by atoms with Crippen molar-refractivity contribution in [2.45, 2.75) is 31.7 Å². The smallest absolute Gasteiger partial charge is 0.434 e. The number of aromatic nitrogens is 2. The fourth-order valence-electron chi connectivity index (χ4n) is 2.48. The molecule has 1 unspecified atom stereocenters. The van der Waals surface area contributed by atoms with Crippen molar-refractivity contribution in [3.05, 3.63) is 47.3 Å². The monoisotopic (exact) mass is 423 g/mol. The van der Waals surface area contributed by atoms with E-state index >= 15 is 0 Å². The fraction of sp³-hybridized carbons (Fsp3) is 0.353. The second-order valence-corrected chi connectivity index (χ2v) is 6.02. The Labute approximate surface area is 160 Å². The zero-order chi connectivity index (χ0) is 22.0. The Balaban J connectivity index is 2.44. The molecule has 158 valence electrons. The lowest BCUT2D eigenvalue weighted by atomic mass is 10.1. The van der Waals surface area contributed by atoms with Gasteiger partial charge in [-0.05, 0) is 25.1 Å². The summed E-state index contributed by atoms with van der Waals surface area (Å²) >= 11 is 0. The number of halogens is 6. The van der Waals surface area contributed by atoms with Crippen LogP contribution in [0.25, 0.3) is 5.69 Å². The zero-order valence-electron chi connectivity index (χ0n) is 15.1. The van der Waals surface area contributed by atoms with Crippen LogP contribution in [0.15, 0.2) is 30.5 Å². The van der Waals surface area contributed by atoms with Crippen LogP contribution in [0.5, 0.6) is 0 Å². The summed E-state index contributed by atoms with van der Waals surface area (Å²) in [6, 6.07) is 2.26. The molecule has 1 aromatic heterocycles. The first-order valence-corrected chi connectivity index (χ1v) is 8.05. The Kier molecular flexibility index (Phi) is 6.24. The number of carbonyl (C=O) groups excluding carboxylic acids is 2. The Morgan fingerprint density at radius 1 is 1.17 bits per heavy atom. The van der Waals surface area contributed by atoms with Crippen LogP contribution in [0.1, 0.15) is 35.0 Å². The highest BCUT2D eigenvalue weighted by molar-refractivity contribution is 5.95. The number of hydrogen-bond acceptors (Lipinski definition) is 4. The van der Waals surface area contributed by atoms with E-state index in [1.165, 1.54) is 6.92 Å². The average Bonchev–Trinajstić information content (AvgIpc) is 3.06. The van der Waals surface area contributed by atoms with Crippen LogP contribution < -0.4 is 5.32 Å². The number of carbonyl (C=O) groups is 2. The second-order valence-electron chi connectivity index (χ2n) is 6.02. The highest BCUT2D eigenvalue weighted by Gasteiger charge is 2.41. The van der Waals surface area contributed by atoms with E-state index in [1.807, 2.05) is 0 Å². The molecule has 1 atom stereocenters. The standard InChI is InChI=1S/C17H15F6N3O3/c1-9(6-13(27)29-2)25-15(28)12-8-24-26(14(12)17(21,22)23)11-5-3-4-10(7-11)16(18,19)20/h3-5,7-9H,6H2,1-2H3,(H,25,28). The predicted molar refractivity (Wildman–Crippen MR) is 87.1 cm³/mol. The Morgan fingerprint density at radius 3 is 2.38 bits per heavy atom. The number of ether oxygens (including phenoxy) is 1. The highest BCUT2D eigenvalue weighted by Crippen LogP contribution is 2.35. The predicted octanol–water partition coefficient (Wildman–Crippen LogP) is 3.59. The van der Waals surface area contributed by atoms with Crippen LogP contribution in [0.2, 0.25) is 0 Å². The van der Waals surface area contributed by atoms with Gasteiger partial charge in [0, 0.05) is 6.04 Å². The van der Waals surface area contributed by atoms with Crippen LogP contribution >= 0.6 is 0 Å². The highest BCUT2D eigenvalue weighted by atomic mass is 19.4. The van der Waals surface area contributed by atoms with E-state index in [4.69, 9.17) is 0 Å². The third-order valence-corrected chi connectivity index (χ3v) is 3.78. The molecule has 0 fully saturated rings. The topological polar surface area (TPSA) is 73.2 Å². The largest absolute Gasteiger partial charge is 0.469 e. The summed E-state index contributed by atoms with van der Waals surface area (Å²) in [5.74, 6) is -1.87. The molecule has 0 spiro atoms. The molecular formula is C17H15F6N3O3. The SMILES string of the molecule is COC(=O)CC(C)NC(=O)c1cnn(-c2cccc(C(F)(F)F)c2)c1C(F)(F)F. The Morgan fingerprint density at radius 2 is 1.83 bits per heavy atom. The molecule has 0 radical (unpaired) electrons. The molecule has 1 aromatic carbocycles. The second kappa shape index (κ2) is 8.13. The fourth-order valence-corrected chi connectivity index (χ4v) is 2.48. The van der Waals surface area contributed by atoms with Crippen LogP contribution in [-0.4, -0.2) is 34.8 Å². The molecule has 0 aliphatic carbocycles. The van der Waals surface area contributed by atoms with Gasteiger partial charge in [-0.2, -0.15) is 31.4 Å². The van der Waals surface area contributed by atoms with Gasteiger partial charge in [-0.15, -0.1) is 0 Å². The lowest BCUT2D eigenvalue weighted by Crippen LogP contribution is -2.35. The number of rotatable bonds is 5. The van der Waals surface area contributed by atoms with Crippen molar-refractivity contribution in [3.8, 4) is 5.69 Å². The van der Waals surface area contributed by atoms with Crippen molar-refractivity contribution in [2.75, 3.05) is 7.11 Å². The van der Waals surface area contributed by atoms with Crippen LogP contribution in [0.3, 0.4) is 0 Å². The molecule has 0 saturated heterocycles. The maximum absolute atomic E-state index is 13.6. The summed E-state index contributed by atoms with van der Waals surface area (Å²) in [6.45, 7) is 1.37. The van der Waals surface area contributed by atoms with Gasteiger partial charge in [0.2, 0.25) is 0 Å². The first-order chi connectivity index (χ1) is 13.3. The molecule has 1 heterocycles. The third kappa shape index (κ3) is 5.27. The minimum atomic E-state index is -5.09. The number of methoxy groups -OCH3 is 1. The summed E-state index contributed by atoms with van der Waals surface area (Å²) in [6.07, 6.45) is -9.55. The van der Waals surface area contributed by atoms with E-state index in [0.29, 0.717) is 18.3 Å². The van der Waals surface area contributed by atoms with Crippen molar-refractivity contribution in [3.63, 3.8) is 0 Å². The quantitative estimate of drug-likeness (QED) is 0.589. The number of nitrogens with one attached hydrogen (secondary N) is 1. The van der Waals surface area contributed by atoms with Crippen molar-refractivity contribution >= 4 is 11.9 Å². The molecular weight excluding hydrogens is 408 g/mol. The molecule has 0 saturated carbocycles. The molecule has 2 aromatic rings. The summed E-state index contributed by atoms with van der Waals surface area (Å²) in [5.41, 5.74) is -4.13. The maximum atomic E-state index is 13.6. The van der Waals surface area contributed by atoms with E-state index in [2.05, 4.69) is 15.2 Å². The molecule has 1 amide bonds. The van der Waals surface area contributed by atoms with E-state index in [9.17, 15) is 35.9 Å². The van der Waals surface area contributed by atoms with Gasteiger partial charge in [-0.1, -0.05) is 6.07 Å². The normalized spacial score (nSPS) is 13.1. The summed E-state index contributed by atoms with van der Waals surface area (Å²) < 4.78 is 84.0. The van der Waals surface area contributed by atoms with E-state index in [1.54, 1.807) is 0 Å².